The van der Waals surface area contributed by atoms with E-state index in [0.29, 0.717) is 22.3 Å². The monoisotopic (exact) mass is 416 g/mol. The Bertz CT molecular complexity index is 1050. The lowest BCUT2D eigenvalue weighted by Gasteiger charge is -2.06. The number of esters is 2. The van der Waals surface area contributed by atoms with Crippen LogP contribution < -0.4 is 10.4 Å². The number of ether oxygens (including phenoxy) is 2. The van der Waals surface area contributed by atoms with E-state index in [-0.39, 0.29) is 12.2 Å². The van der Waals surface area contributed by atoms with Crippen LogP contribution in [0.15, 0.2) is 62.2 Å². The van der Waals surface area contributed by atoms with Gasteiger partial charge in [0, 0.05) is 16.8 Å². The Morgan fingerprint density at radius 3 is 2.65 bits per heavy atom. The van der Waals surface area contributed by atoms with Crippen molar-refractivity contribution in [2.75, 3.05) is 0 Å². The zero-order valence-corrected chi connectivity index (χ0v) is 15.2. The average Bonchev–Trinajstić information content (AvgIpc) is 2.59. The number of rotatable bonds is 4. The minimum absolute atomic E-state index is 0.0855. The van der Waals surface area contributed by atoms with E-state index in [2.05, 4.69) is 15.9 Å². The highest BCUT2D eigenvalue weighted by atomic mass is 79.9. The van der Waals surface area contributed by atoms with Crippen molar-refractivity contribution in [3.63, 3.8) is 0 Å². The smallest absolute Gasteiger partial charge is 0.351 e. The average molecular weight is 417 g/mol. The van der Waals surface area contributed by atoms with Crippen molar-refractivity contribution in [1.29, 1.82) is 0 Å². The van der Waals surface area contributed by atoms with Crippen LogP contribution in [0.3, 0.4) is 0 Å². The normalized spacial score (nSPS) is 10.5. The van der Waals surface area contributed by atoms with E-state index in [0.717, 1.165) is 4.47 Å². The second-order valence-corrected chi connectivity index (χ2v) is 6.36. The molecule has 26 heavy (non-hydrogen) atoms. The molecule has 0 saturated heterocycles. The lowest BCUT2D eigenvalue weighted by molar-refractivity contribution is -0.142. The van der Waals surface area contributed by atoms with Crippen molar-refractivity contribution < 1.29 is 23.5 Å². The number of hydrogen-bond donors (Lipinski definition) is 0. The molecule has 0 unspecified atom stereocenters. The summed E-state index contributed by atoms with van der Waals surface area (Å²) < 4.78 is 16.1. The maximum absolute atomic E-state index is 12.3. The Labute approximate surface area is 156 Å². The van der Waals surface area contributed by atoms with Gasteiger partial charge in [0.25, 0.3) is 0 Å². The summed E-state index contributed by atoms with van der Waals surface area (Å²) in [5.74, 6) is -0.917. The molecule has 0 spiro atoms. The van der Waals surface area contributed by atoms with E-state index >= 15 is 0 Å². The van der Waals surface area contributed by atoms with Crippen LogP contribution in [0.1, 0.15) is 22.8 Å². The highest BCUT2D eigenvalue weighted by molar-refractivity contribution is 9.10. The molecule has 6 nitrogen and oxygen atoms in total. The molecule has 0 fully saturated rings. The van der Waals surface area contributed by atoms with Crippen LogP contribution in [0.4, 0.5) is 0 Å². The standard InChI is InChI=1S/C19H13BrO6/c1-11(21)24-10-12-5-6-17-13(7-12)8-16(19(23)26-17)18(22)25-15-4-2-3-14(20)9-15/h2-9H,10H2,1H3. The number of carbonyl (C=O) groups is 2. The summed E-state index contributed by atoms with van der Waals surface area (Å²) >= 11 is 3.28. The zero-order valence-electron chi connectivity index (χ0n) is 13.7. The topological polar surface area (TPSA) is 82.8 Å². The Morgan fingerprint density at radius 2 is 1.92 bits per heavy atom. The molecule has 0 amide bonds. The zero-order chi connectivity index (χ0) is 18.7. The summed E-state index contributed by atoms with van der Waals surface area (Å²) in [5, 5.41) is 0.524. The molecule has 1 heterocycles. The van der Waals surface area contributed by atoms with Crippen LogP contribution in [0.5, 0.6) is 5.75 Å². The van der Waals surface area contributed by atoms with Gasteiger partial charge in [-0.05, 0) is 42.0 Å². The first-order chi connectivity index (χ1) is 12.4. The molecule has 3 rings (SSSR count). The Hall–Kier alpha value is -2.93. The Morgan fingerprint density at radius 1 is 1.12 bits per heavy atom. The van der Waals surface area contributed by atoms with Crippen molar-refractivity contribution in [2.24, 2.45) is 0 Å². The van der Waals surface area contributed by atoms with Gasteiger partial charge >= 0.3 is 17.6 Å². The molecular weight excluding hydrogens is 404 g/mol. The predicted molar refractivity (Wildman–Crippen MR) is 97.1 cm³/mol. The second kappa shape index (κ2) is 7.53. The highest BCUT2D eigenvalue weighted by Crippen LogP contribution is 2.20. The molecule has 1 aromatic heterocycles. The fourth-order valence-electron chi connectivity index (χ4n) is 2.28. The van der Waals surface area contributed by atoms with Crippen LogP contribution in [-0.4, -0.2) is 11.9 Å². The minimum atomic E-state index is -0.816. The van der Waals surface area contributed by atoms with Crippen LogP contribution in [0.2, 0.25) is 0 Å². The molecule has 3 aromatic rings. The summed E-state index contributed by atoms with van der Waals surface area (Å²) in [4.78, 5) is 35.3. The third kappa shape index (κ3) is 4.18. The summed E-state index contributed by atoms with van der Waals surface area (Å²) in [5.41, 5.74) is 0.0146. The molecule has 0 aliphatic carbocycles. The molecule has 0 N–H and O–H groups in total. The largest absolute Gasteiger partial charge is 0.461 e. The van der Waals surface area contributed by atoms with Gasteiger partial charge in [-0.3, -0.25) is 4.79 Å². The maximum atomic E-state index is 12.3. The van der Waals surface area contributed by atoms with Crippen molar-refractivity contribution in [3.8, 4) is 5.75 Å². The highest BCUT2D eigenvalue weighted by Gasteiger charge is 2.16. The van der Waals surface area contributed by atoms with Gasteiger partial charge in [-0.1, -0.05) is 28.1 Å². The number of hydrogen-bond acceptors (Lipinski definition) is 6. The van der Waals surface area contributed by atoms with E-state index in [4.69, 9.17) is 13.9 Å². The molecule has 7 heteroatoms. The maximum Gasteiger partial charge on any atom is 0.351 e. The van der Waals surface area contributed by atoms with E-state index in [9.17, 15) is 14.4 Å². The molecule has 2 aromatic carbocycles. The lowest BCUT2D eigenvalue weighted by atomic mass is 10.1. The van der Waals surface area contributed by atoms with Crippen molar-refractivity contribution >= 4 is 38.8 Å². The van der Waals surface area contributed by atoms with Gasteiger partial charge < -0.3 is 13.9 Å². The summed E-state index contributed by atoms with van der Waals surface area (Å²) in [6.45, 7) is 1.40. The first-order valence-electron chi connectivity index (χ1n) is 7.60. The molecule has 0 aliphatic rings. The van der Waals surface area contributed by atoms with E-state index < -0.39 is 17.6 Å². The summed E-state index contributed by atoms with van der Waals surface area (Å²) in [7, 11) is 0. The Balaban J connectivity index is 1.91. The predicted octanol–water partition coefficient (Wildman–Crippen LogP) is 3.84. The second-order valence-electron chi connectivity index (χ2n) is 5.45. The SMILES string of the molecule is CC(=O)OCc1ccc2oc(=O)c(C(=O)Oc3cccc(Br)c3)cc2c1. The van der Waals surface area contributed by atoms with Crippen molar-refractivity contribution in [3.05, 3.63) is 74.6 Å². The van der Waals surface area contributed by atoms with E-state index in [1.165, 1.54) is 13.0 Å². The number of carbonyl (C=O) groups excluding carboxylic acids is 2. The molecule has 0 bridgehead atoms. The van der Waals surface area contributed by atoms with Gasteiger partial charge in [-0.2, -0.15) is 0 Å². The summed E-state index contributed by atoms with van der Waals surface area (Å²) in [6.07, 6.45) is 0. The van der Waals surface area contributed by atoms with E-state index in [1.54, 1.807) is 42.5 Å². The third-order valence-electron chi connectivity index (χ3n) is 3.47. The van der Waals surface area contributed by atoms with Crippen molar-refractivity contribution in [2.45, 2.75) is 13.5 Å². The van der Waals surface area contributed by atoms with Crippen molar-refractivity contribution in [1.82, 2.24) is 0 Å². The molecular formula is C19H13BrO6. The fraction of sp³-hybridized carbons (Fsp3) is 0.105. The molecule has 0 atom stereocenters. The number of benzene rings is 2. The summed E-state index contributed by atoms with van der Waals surface area (Å²) in [6, 6.07) is 13.0. The molecule has 132 valence electrons. The molecule has 0 saturated carbocycles. The first-order valence-corrected chi connectivity index (χ1v) is 8.39. The number of fused-ring (bicyclic) bond motifs is 1. The Kier molecular flexibility index (Phi) is 5.18. The number of halogens is 1. The lowest BCUT2D eigenvalue weighted by Crippen LogP contribution is -2.18. The molecule has 0 radical (unpaired) electrons. The van der Waals surface area contributed by atoms with Gasteiger partial charge in [0.2, 0.25) is 0 Å². The van der Waals surface area contributed by atoms with Crippen LogP contribution in [-0.2, 0) is 16.1 Å². The molecule has 0 aliphatic heterocycles. The minimum Gasteiger partial charge on any atom is -0.461 e. The van der Waals surface area contributed by atoms with Crippen LogP contribution >= 0.6 is 15.9 Å². The van der Waals surface area contributed by atoms with Crippen LogP contribution in [0.25, 0.3) is 11.0 Å². The third-order valence-corrected chi connectivity index (χ3v) is 3.96. The first kappa shape index (κ1) is 17.9. The van der Waals surface area contributed by atoms with E-state index in [1.807, 2.05) is 0 Å². The van der Waals surface area contributed by atoms with Crippen LogP contribution in [0, 0.1) is 0 Å². The van der Waals surface area contributed by atoms with Gasteiger partial charge in [-0.25, -0.2) is 9.59 Å². The van der Waals surface area contributed by atoms with Gasteiger partial charge in [0.1, 0.15) is 23.5 Å². The quantitative estimate of drug-likeness (QED) is 0.365. The van der Waals surface area contributed by atoms with Gasteiger partial charge in [-0.15, -0.1) is 0 Å². The van der Waals surface area contributed by atoms with Gasteiger partial charge in [0.05, 0.1) is 0 Å². The van der Waals surface area contributed by atoms with Gasteiger partial charge in [0.15, 0.2) is 0 Å². The fourth-order valence-corrected chi connectivity index (χ4v) is 2.66.